The molecule has 0 amide bonds. The third kappa shape index (κ3) is 5.13. The van der Waals surface area contributed by atoms with Gasteiger partial charge in [-0.25, -0.2) is 4.98 Å². The van der Waals surface area contributed by atoms with Crippen LogP contribution in [0.4, 0.5) is 11.8 Å². The predicted molar refractivity (Wildman–Crippen MR) is 126 cm³/mol. The molecule has 2 aliphatic rings. The van der Waals surface area contributed by atoms with Crippen LogP contribution in [0.5, 0.6) is 0 Å². The lowest BCUT2D eigenvalue weighted by Gasteiger charge is -2.33. The summed E-state index contributed by atoms with van der Waals surface area (Å²) in [5.74, 6) is 1.82. The lowest BCUT2D eigenvalue weighted by molar-refractivity contribution is 0.206. The highest BCUT2D eigenvalue weighted by molar-refractivity contribution is 5.78. The molecule has 1 aromatic carbocycles. The number of nitrogens with one attached hydrogen (secondary N) is 1. The first-order valence-electron chi connectivity index (χ1n) is 11.7. The number of para-hydroxylation sites is 1. The first-order valence-corrected chi connectivity index (χ1v) is 11.7. The summed E-state index contributed by atoms with van der Waals surface area (Å²) >= 11 is 0. The smallest absolute Gasteiger partial charge is 0.224 e. The van der Waals surface area contributed by atoms with Gasteiger partial charge in [-0.05, 0) is 50.4 Å². The van der Waals surface area contributed by atoms with E-state index in [4.69, 9.17) is 9.97 Å². The first-order chi connectivity index (χ1) is 15.3. The van der Waals surface area contributed by atoms with Crippen molar-refractivity contribution in [1.29, 1.82) is 0 Å². The quantitative estimate of drug-likeness (QED) is 0.662. The lowest BCUT2D eigenvalue weighted by Crippen LogP contribution is -2.42. The zero-order valence-corrected chi connectivity index (χ0v) is 18.2. The summed E-state index contributed by atoms with van der Waals surface area (Å²) in [4.78, 5) is 19.1. The Morgan fingerprint density at radius 1 is 0.871 bits per heavy atom. The molecular weight excluding hydrogens is 384 g/mol. The van der Waals surface area contributed by atoms with Gasteiger partial charge in [-0.2, -0.15) is 4.98 Å². The van der Waals surface area contributed by atoms with Gasteiger partial charge in [0.15, 0.2) is 0 Å². The molecule has 0 aliphatic carbocycles. The summed E-state index contributed by atoms with van der Waals surface area (Å²) in [5, 5.41) is 4.81. The normalized spacial score (nSPS) is 20.5. The van der Waals surface area contributed by atoms with Crippen LogP contribution >= 0.6 is 0 Å². The first kappa shape index (κ1) is 20.2. The third-order valence-electron chi connectivity index (χ3n) is 6.45. The third-order valence-corrected chi connectivity index (χ3v) is 6.45. The number of nitrogens with zero attached hydrogens (tertiary/aromatic N) is 5. The Kier molecular flexibility index (Phi) is 6.25. The molecule has 0 bridgehead atoms. The van der Waals surface area contributed by atoms with Gasteiger partial charge in [-0.15, -0.1) is 0 Å². The van der Waals surface area contributed by atoms with E-state index in [1.807, 2.05) is 6.20 Å². The van der Waals surface area contributed by atoms with E-state index in [2.05, 4.69) is 62.6 Å². The molecule has 0 saturated carbocycles. The highest BCUT2D eigenvalue weighted by Crippen LogP contribution is 2.21. The number of rotatable bonds is 5. The monoisotopic (exact) mass is 416 g/mol. The Labute approximate surface area is 184 Å². The number of anilines is 2. The zero-order chi connectivity index (χ0) is 20.9. The van der Waals surface area contributed by atoms with Crippen LogP contribution in [-0.2, 0) is 6.54 Å². The molecule has 6 nitrogen and oxygen atoms in total. The molecule has 3 aromatic rings. The molecule has 4 heterocycles. The number of likely N-dealkylation sites (tertiary alicyclic amines) is 1. The number of piperidine rings is 1. The van der Waals surface area contributed by atoms with Crippen LogP contribution in [0.15, 0.2) is 48.7 Å². The van der Waals surface area contributed by atoms with Gasteiger partial charge in [0.05, 0.1) is 11.2 Å². The van der Waals surface area contributed by atoms with Crippen molar-refractivity contribution in [3.05, 3.63) is 54.4 Å². The van der Waals surface area contributed by atoms with Crippen LogP contribution in [0, 0.1) is 0 Å². The molecule has 2 aliphatic heterocycles. The van der Waals surface area contributed by atoms with Gasteiger partial charge in [0.1, 0.15) is 5.82 Å². The van der Waals surface area contributed by atoms with Gasteiger partial charge in [-0.3, -0.25) is 9.88 Å². The molecule has 0 spiro atoms. The SMILES string of the molecule is c1ccc2nc(CN3CCCC(Nc4nccc(N5CCCCCC5)n4)C3)ccc2c1. The van der Waals surface area contributed by atoms with E-state index in [0.29, 0.717) is 6.04 Å². The molecule has 5 rings (SSSR count). The van der Waals surface area contributed by atoms with Crippen LogP contribution in [0.1, 0.15) is 44.2 Å². The van der Waals surface area contributed by atoms with Crippen LogP contribution in [-0.4, -0.2) is 52.1 Å². The number of hydrogen-bond donors (Lipinski definition) is 1. The van der Waals surface area contributed by atoms with Crippen molar-refractivity contribution in [2.45, 2.75) is 51.1 Å². The van der Waals surface area contributed by atoms with Crippen LogP contribution in [0.2, 0.25) is 0 Å². The van der Waals surface area contributed by atoms with E-state index in [-0.39, 0.29) is 0 Å². The van der Waals surface area contributed by atoms with Crippen LogP contribution in [0.25, 0.3) is 10.9 Å². The van der Waals surface area contributed by atoms with Crippen molar-refractivity contribution in [1.82, 2.24) is 19.9 Å². The molecule has 1 atom stereocenters. The van der Waals surface area contributed by atoms with Crippen molar-refractivity contribution in [3.63, 3.8) is 0 Å². The van der Waals surface area contributed by atoms with Crippen LogP contribution in [0.3, 0.4) is 0 Å². The molecule has 1 unspecified atom stereocenters. The zero-order valence-electron chi connectivity index (χ0n) is 18.2. The van der Waals surface area contributed by atoms with E-state index in [9.17, 15) is 0 Å². The summed E-state index contributed by atoms with van der Waals surface area (Å²) in [6.45, 7) is 5.20. The summed E-state index contributed by atoms with van der Waals surface area (Å²) < 4.78 is 0. The van der Waals surface area contributed by atoms with E-state index < -0.39 is 0 Å². The minimum atomic E-state index is 0.369. The van der Waals surface area contributed by atoms with Crippen molar-refractivity contribution in [2.24, 2.45) is 0 Å². The molecular formula is C25H32N6. The average molecular weight is 417 g/mol. The van der Waals surface area contributed by atoms with Crippen molar-refractivity contribution in [2.75, 3.05) is 36.4 Å². The Morgan fingerprint density at radius 3 is 2.65 bits per heavy atom. The van der Waals surface area contributed by atoms with Crippen LogP contribution < -0.4 is 10.2 Å². The Hall–Kier alpha value is -2.73. The molecule has 6 heteroatoms. The van der Waals surface area contributed by atoms with Crippen molar-refractivity contribution >= 4 is 22.7 Å². The summed E-state index contributed by atoms with van der Waals surface area (Å²) in [6.07, 6.45) is 9.40. The minimum absolute atomic E-state index is 0.369. The van der Waals surface area contributed by atoms with E-state index in [1.54, 1.807) is 0 Å². The second-order valence-electron chi connectivity index (χ2n) is 8.85. The van der Waals surface area contributed by atoms with E-state index in [1.165, 1.54) is 37.5 Å². The van der Waals surface area contributed by atoms with Gasteiger partial charge in [-0.1, -0.05) is 37.1 Å². The molecule has 2 fully saturated rings. The number of pyridine rings is 1. The number of aromatic nitrogens is 3. The molecule has 1 N–H and O–H groups in total. The largest absolute Gasteiger partial charge is 0.356 e. The molecule has 2 aromatic heterocycles. The predicted octanol–water partition coefficient (Wildman–Crippen LogP) is 4.48. The summed E-state index contributed by atoms with van der Waals surface area (Å²) in [6, 6.07) is 15.1. The van der Waals surface area contributed by atoms with Gasteiger partial charge in [0.2, 0.25) is 5.95 Å². The maximum absolute atomic E-state index is 4.86. The Bertz CT molecular complexity index is 998. The lowest BCUT2D eigenvalue weighted by atomic mass is 10.1. The van der Waals surface area contributed by atoms with Gasteiger partial charge < -0.3 is 10.2 Å². The van der Waals surface area contributed by atoms with Crippen molar-refractivity contribution in [3.8, 4) is 0 Å². The highest BCUT2D eigenvalue weighted by atomic mass is 15.2. The van der Waals surface area contributed by atoms with Gasteiger partial charge >= 0.3 is 0 Å². The second-order valence-corrected chi connectivity index (χ2v) is 8.85. The van der Waals surface area contributed by atoms with Crippen molar-refractivity contribution < 1.29 is 0 Å². The average Bonchev–Trinajstić information content (AvgIpc) is 3.09. The standard InChI is InChI=1S/C25H32N6/c1-2-6-17-31(16-5-1)24-13-14-26-25(29-24)28-21-9-7-15-30(18-21)19-22-12-11-20-8-3-4-10-23(20)27-22/h3-4,8,10-14,21H,1-2,5-7,9,15-19H2,(H,26,28,29). The fraction of sp³-hybridized carbons (Fsp3) is 0.480. The Morgan fingerprint density at radius 2 is 1.74 bits per heavy atom. The highest BCUT2D eigenvalue weighted by Gasteiger charge is 2.21. The number of fused-ring (bicyclic) bond motifs is 1. The fourth-order valence-corrected chi connectivity index (χ4v) is 4.82. The molecule has 0 radical (unpaired) electrons. The summed E-state index contributed by atoms with van der Waals surface area (Å²) in [7, 11) is 0. The number of hydrogen-bond acceptors (Lipinski definition) is 6. The number of benzene rings is 1. The molecule has 2 saturated heterocycles. The fourth-order valence-electron chi connectivity index (χ4n) is 4.82. The Balaban J connectivity index is 1.21. The van der Waals surface area contributed by atoms with Gasteiger partial charge in [0.25, 0.3) is 0 Å². The minimum Gasteiger partial charge on any atom is -0.356 e. The topological polar surface area (TPSA) is 57.2 Å². The maximum atomic E-state index is 4.86. The van der Waals surface area contributed by atoms with E-state index in [0.717, 1.165) is 62.1 Å². The van der Waals surface area contributed by atoms with Gasteiger partial charge in [0, 0.05) is 43.8 Å². The second kappa shape index (κ2) is 9.60. The maximum Gasteiger partial charge on any atom is 0.224 e. The van der Waals surface area contributed by atoms with E-state index >= 15 is 0 Å². The molecule has 31 heavy (non-hydrogen) atoms. The molecule has 162 valence electrons. The summed E-state index contributed by atoms with van der Waals surface area (Å²) in [5.41, 5.74) is 2.21.